The Labute approximate surface area is 210 Å². The second-order valence-corrected chi connectivity index (χ2v) is 9.35. The van der Waals surface area contributed by atoms with Gasteiger partial charge in [-0.25, -0.2) is 27.7 Å². The predicted octanol–water partition coefficient (Wildman–Crippen LogP) is 2.33. The van der Waals surface area contributed by atoms with Crippen LogP contribution < -0.4 is 15.8 Å². The van der Waals surface area contributed by atoms with E-state index in [-0.39, 0.29) is 58.9 Å². The first-order valence-corrected chi connectivity index (χ1v) is 12.0. The van der Waals surface area contributed by atoms with Crippen LogP contribution in [0.5, 0.6) is 5.88 Å². The summed E-state index contributed by atoms with van der Waals surface area (Å²) in [7, 11) is 1.32. The number of hydrogen-bond acceptors (Lipinski definition) is 7. The van der Waals surface area contributed by atoms with E-state index in [0.29, 0.717) is 25.7 Å². The smallest absolute Gasteiger partial charge is 0.257 e. The number of amides is 2. The van der Waals surface area contributed by atoms with Gasteiger partial charge >= 0.3 is 0 Å². The molecule has 0 bridgehead atoms. The number of aromatic nitrogens is 4. The summed E-state index contributed by atoms with van der Waals surface area (Å²) in [6.45, 7) is -0.165. The van der Waals surface area contributed by atoms with Gasteiger partial charge in [0.2, 0.25) is 11.8 Å². The fraction of sp³-hybridized carbons (Fsp3) is 0.458. The summed E-state index contributed by atoms with van der Waals surface area (Å²) in [5, 5.41) is 6.65. The molecule has 13 heteroatoms. The first kappa shape index (κ1) is 24.8. The minimum Gasteiger partial charge on any atom is -0.480 e. The molecular formula is C24H26F3N7O3. The van der Waals surface area contributed by atoms with Crippen LogP contribution in [0.2, 0.25) is 0 Å². The third-order valence-corrected chi connectivity index (χ3v) is 7.00. The minimum absolute atomic E-state index is 0.00903. The molecule has 0 aromatic carbocycles. The van der Waals surface area contributed by atoms with Gasteiger partial charge in [-0.3, -0.25) is 9.59 Å². The van der Waals surface area contributed by atoms with Crippen LogP contribution in [-0.4, -0.2) is 74.9 Å². The molecule has 1 aliphatic carbocycles. The number of pyridine rings is 1. The molecule has 196 valence electrons. The molecule has 2 atom stereocenters. The number of likely N-dealkylation sites (tertiary alicyclic amines) is 1. The minimum atomic E-state index is -1.49. The maximum absolute atomic E-state index is 14.9. The lowest BCUT2D eigenvalue weighted by molar-refractivity contribution is -0.136. The van der Waals surface area contributed by atoms with Crippen molar-refractivity contribution in [3.8, 4) is 17.1 Å². The first-order valence-electron chi connectivity index (χ1n) is 12.0. The van der Waals surface area contributed by atoms with Gasteiger partial charge in [-0.15, -0.1) is 0 Å². The van der Waals surface area contributed by atoms with E-state index in [9.17, 15) is 22.8 Å². The highest BCUT2D eigenvalue weighted by atomic mass is 19.1. The highest BCUT2D eigenvalue weighted by Gasteiger charge is 2.39. The highest BCUT2D eigenvalue weighted by molar-refractivity contribution is 5.98. The number of nitrogens with zero attached hydrogens (tertiary/aromatic N) is 5. The molecule has 3 aromatic heterocycles. The normalized spacial score (nSPS) is 23.8. The second-order valence-electron chi connectivity index (χ2n) is 9.35. The Balaban J connectivity index is 1.36. The molecule has 0 unspecified atom stereocenters. The van der Waals surface area contributed by atoms with Gasteiger partial charge in [0.1, 0.15) is 35.4 Å². The number of fused-ring (bicyclic) bond motifs is 1. The largest absolute Gasteiger partial charge is 0.480 e. The van der Waals surface area contributed by atoms with E-state index < -0.39 is 30.1 Å². The summed E-state index contributed by atoms with van der Waals surface area (Å²) in [5.41, 5.74) is 6.23. The van der Waals surface area contributed by atoms with E-state index in [1.165, 1.54) is 41.2 Å². The Bertz CT molecular complexity index is 1340. The molecule has 5 rings (SSSR count). The van der Waals surface area contributed by atoms with Crippen molar-refractivity contribution in [2.75, 3.05) is 25.9 Å². The number of alkyl halides is 2. The van der Waals surface area contributed by atoms with E-state index in [2.05, 4.69) is 20.4 Å². The van der Waals surface area contributed by atoms with Crippen LogP contribution in [-0.2, 0) is 4.79 Å². The fourth-order valence-corrected chi connectivity index (χ4v) is 5.03. The standard InChI is InChI=1S/C24H26F3N7O3/c1-37-23-15(6-13(8-29-23)20-16(26)7-19-21(28)30-11-31-34(19)20)22(35)32-18-10-33(9-17(18)27)24(36)12-2-4-14(25)5-3-12/h6-8,11-12,14,17-18H,2-5,9-10H2,1H3,(H,32,35)(H2,28,30,31)/t12?,14?,17-,18+/m0/s1. The Morgan fingerprint density at radius 2 is 1.89 bits per heavy atom. The number of nitrogens with two attached hydrogens (primary N) is 1. The number of methoxy groups -OCH3 is 1. The molecule has 3 N–H and O–H groups in total. The summed E-state index contributed by atoms with van der Waals surface area (Å²) in [6.07, 6.45) is 1.62. The number of nitrogens with one attached hydrogen (secondary N) is 1. The quantitative estimate of drug-likeness (QED) is 0.532. The molecule has 4 heterocycles. The van der Waals surface area contributed by atoms with E-state index in [1.54, 1.807) is 0 Å². The number of nitrogen functional groups attached to an aromatic ring is 1. The lowest BCUT2D eigenvalue weighted by atomic mass is 9.87. The zero-order valence-corrected chi connectivity index (χ0v) is 20.0. The lowest BCUT2D eigenvalue weighted by Crippen LogP contribution is -2.42. The number of ether oxygens (including phenoxy) is 1. The topological polar surface area (TPSA) is 128 Å². The summed E-state index contributed by atoms with van der Waals surface area (Å²) < 4.78 is 49.6. The summed E-state index contributed by atoms with van der Waals surface area (Å²) in [5.74, 6) is -1.86. The second kappa shape index (κ2) is 9.87. The monoisotopic (exact) mass is 517 g/mol. The third kappa shape index (κ3) is 4.65. The van der Waals surface area contributed by atoms with Crippen molar-refractivity contribution in [2.24, 2.45) is 5.92 Å². The Kier molecular flexibility index (Phi) is 6.61. The molecule has 0 radical (unpaired) electrons. The molecular weight excluding hydrogens is 491 g/mol. The average molecular weight is 518 g/mol. The van der Waals surface area contributed by atoms with E-state index in [4.69, 9.17) is 10.5 Å². The zero-order valence-electron chi connectivity index (χ0n) is 20.0. The van der Waals surface area contributed by atoms with Gasteiger partial charge in [0.05, 0.1) is 19.7 Å². The van der Waals surface area contributed by atoms with Gasteiger partial charge < -0.3 is 20.7 Å². The van der Waals surface area contributed by atoms with Gasteiger partial charge in [0, 0.05) is 30.3 Å². The maximum Gasteiger partial charge on any atom is 0.257 e. The van der Waals surface area contributed by atoms with Crippen LogP contribution in [0.15, 0.2) is 24.7 Å². The van der Waals surface area contributed by atoms with Gasteiger partial charge in [-0.05, 0) is 31.7 Å². The third-order valence-electron chi connectivity index (χ3n) is 7.00. The molecule has 2 aliphatic rings. The maximum atomic E-state index is 14.9. The molecule has 37 heavy (non-hydrogen) atoms. The van der Waals surface area contributed by atoms with Crippen LogP contribution in [0.4, 0.5) is 19.0 Å². The number of hydrogen-bond donors (Lipinski definition) is 2. The predicted molar refractivity (Wildman–Crippen MR) is 127 cm³/mol. The molecule has 1 saturated heterocycles. The van der Waals surface area contributed by atoms with Crippen molar-refractivity contribution >= 4 is 23.1 Å². The van der Waals surface area contributed by atoms with Crippen molar-refractivity contribution in [3.05, 3.63) is 36.0 Å². The van der Waals surface area contributed by atoms with Crippen molar-refractivity contribution in [3.63, 3.8) is 0 Å². The Morgan fingerprint density at radius 3 is 2.62 bits per heavy atom. The SMILES string of the molecule is COc1ncc(-c2c(F)cc3c(N)ncnn23)cc1C(=O)N[C@@H]1CN(C(=O)C2CCC(F)CC2)C[C@@H]1F. The highest BCUT2D eigenvalue weighted by Crippen LogP contribution is 2.31. The van der Waals surface area contributed by atoms with Crippen molar-refractivity contribution in [1.29, 1.82) is 0 Å². The van der Waals surface area contributed by atoms with Crippen LogP contribution >= 0.6 is 0 Å². The summed E-state index contributed by atoms with van der Waals surface area (Å²) in [4.78, 5) is 35.4. The van der Waals surface area contributed by atoms with Gasteiger partial charge in [0.15, 0.2) is 11.6 Å². The van der Waals surface area contributed by atoms with E-state index >= 15 is 0 Å². The fourth-order valence-electron chi connectivity index (χ4n) is 5.03. The number of carbonyl (C=O) groups excluding carboxylic acids is 2. The molecule has 2 amide bonds. The number of carbonyl (C=O) groups is 2. The van der Waals surface area contributed by atoms with E-state index in [1.807, 2.05) is 0 Å². The number of anilines is 1. The molecule has 1 saturated carbocycles. The van der Waals surface area contributed by atoms with Crippen LogP contribution in [0.3, 0.4) is 0 Å². The Morgan fingerprint density at radius 1 is 1.14 bits per heavy atom. The summed E-state index contributed by atoms with van der Waals surface area (Å²) in [6, 6.07) is 1.58. The number of halogens is 3. The molecule has 10 nitrogen and oxygen atoms in total. The van der Waals surface area contributed by atoms with E-state index in [0.717, 1.165) is 0 Å². The average Bonchev–Trinajstić information content (AvgIpc) is 3.43. The van der Waals surface area contributed by atoms with Gasteiger partial charge in [0.25, 0.3) is 5.91 Å². The van der Waals surface area contributed by atoms with Crippen molar-refractivity contribution in [2.45, 2.75) is 44.1 Å². The molecule has 0 spiro atoms. The number of rotatable bonds is 5. The molecule has 1 aliphatic heterocycles. The zero-order chi connectivity index (χ0) is 26.3. The van der Waals surface area contributed by atoms with Crippen molar-refractivity contribution in [1.82, 2.24) is 29.8 Å². The lowest BCUT2D eigenvalue weighted by Gasteiger charge is -2.27. The van der Waals surface area contributed by atoms with Crippen LogP contribution in [0.1, 0.15) is 36.0 Å². The Hall–Kier alpha value is -3.90. The van der Waals surface area contributed by atoms with Crippen LogP contribution in [0.25, 0.3) is 16.8 Å². The van der Waals surface area contributed by atoms with Crippen molar-refractivity contribution < 1.29 is 27.5 Å². The molecule has 2 fully saturated rings. The summed E-state index contributed by atoms with van der Waals surface area (Å²) >= 11 is 0. The molecule has 3 aromatic rings. The van der Waals surface area contributed by atoms with Gasteiger partial charge in [-0.1, -0.05) is 0 Å². The van der Waals surface area contributed by atoms with Gasteiger partial charge in [-0.2, -0.15) is 5.10 Å². The first-order chi connectivity index (χ1) is 17.8. The van der Waals surface area contributed by atoms with Crippen LogP contribution in [0, 0.1) is 11.7 Å².